The molecule has 4 rings (SSSR count). The summed E-state index contributed by atoms with van der Waals surface area (Å²) in [6.45, 7) is 1.46. The van der Waals surface area contributed by atoms with Crippen molar-refractivity contribution in [2.24, 2.45) is 5.73 Å². The largest absolute Gasteiger partial charge is 0.497 e. The van der Waals surface area contributed by atoms with Gasteiger partial charge in [-0.05, 0) is 61.0 Å². The van der Waals surface area contributed by atoms with Crippen LogP contribution in [0.1, 0.15) is 39.1 Å². The van der Waals surface area contributed by atoms with Crippen molar-refractivity contribution in [2.45, 2.75) is 18.9 Å². The predicted molar refractivity (Wildman–Crippen MR) is 158 cm³/mol. The number of allylic oxidation sites excluding steroid dienone is 1. The molecule has 44 heavy (non-hydrogen) atoms. The Morgan fingerprint density at radius 3 is 1.95 bits per heavy atom. The number of esters is 3. The SMILES string of the molecule is COC(=O)C1=C(C(=O)OC)N(c2ccc(C(=O)OC(C)C(=O)c3ccc(OC)cc3)cc2)C(N)=C(C#N)C1c1ccccc1. The average Bonchev–Trinajstić information content (AvgIpc) is 3.07. The van der Waals surface area contributed by atoms with Crippen molar-refractivity contribution in [3.63, 3.8) is 0 Å². The number of ether oxygens (including phenoxy) is 4. The number of anilines is 1. The Bertz CT molecular complexity index is 1690. The number of carbonyl (C=O) groups excluding carboxylic acids is 4. The van der Waals surface area contributed by atoms with Crippen molar-refractivity contribution >= 4 is 29.4 Å². The molecule has 1 aliphatic heterocycles. The molecular formula is C33H29N3O8. The fourth-order valence-electron chi connectivity index (χ4n) is 4.80. The lowest BCUT2D eigenvalue weighted by Crippen LogP contribution is -2.40. The van der Waals surface area contributed by atoms with Crippen LogP contribution in [0.2, 0.25) is 0 Å². The summed E-state index contributed by atoms with van der Waals surface area (Å²) in [7, 11) is 3.81. The third kappa shape index (κ3) is 6.00. The molecule has 2 N–H and O–H groups in total. The second kappa shape index (κ2) is 13.4. The molecule has 0 saturated heterocycles. The summed E-state index contributed by atoms with van der Waals surface area (Å²) in [4.78, 5) is 53.3. The number of nitriles is 1. The fourth-order valence-corrected chi connectivity index (χ4v) is 4.80. The number of carbonyl (C=O) groups is 4. The van der Waals surface area contributed by atoms with Crippen LogP contribution < -0.4 is 15.4 Å². The topological polar surface area (TPSA) is 158 Å². The number of hydrogen-bond acceptors (Lipinski definition) is 11. The van der Waals surface area contributed by atoms with E-state index in [0.29, 0.717) is 16.9 Å². The van der Waals surface area contributed by atoms with Crippen LogP contribution in [0.15, 0.2) is 102 Å². The Hall–Kier alpha value is -5.89. The third-order valence-electron chi connectivity index (χ3n) is 7.00. The number of nitrogens with zero attached hydrogens (tertiary/aromatic N) is 2. The molecule has 224 valence electrons. The van der Waals surface area contributed by atoms with E-state index in [9.17, 15) is 24.4 Å². The lowest BCUT2D eigenvalue weighted by Gasteiger charge is -2.35. The zero-order chi connectivity index (χ0) is 32.0. The maximum absolute atomic E-state index is 13.2. The van der Waals surface area contributed by atoms with Gasteiger partial charge in [0.2, 0.25) is 5.78 Å². The van der Waals surface area contributed by atoms with Gasteiger partial charge < -0.3 is 24.7 Å². The van der Waals surface area contributed by atoms with E-state index in [1.165, 1.54) is 43.2 Å². The molecule has 11 heteroatoms. The maximum Gasteiger partial charge on any atom is 0.355 e. The molecular weight excluding hydrogens is 566 g/mol. The third-order valence-corrected chi connectivity index (χ3v) is 7.00. The van der Waals surface area contributed by atoms with Crippen molar-refractivity contribution in [2.75, 3.05) is 26.2 Å². The van der Waals surface area contributed by atoms with Crippen molar-refractivity contribution in [1.29, 1.82) is 5.26 Å². The van der Waals surface area contributed by atoms with Crippen LogP contribution in [0.4, 0.5) is 5.69 Å². The van der Waals surface area contributed by atoms with Gasteiger partial charge in [0.1, 0.15) is 17.3 Å². The Balaban J connectivity index is 1.70. The minimum Gasteiger partial charge on any atom is -0.497 e. The molecule has 11 nitrogen and oxygen atoms in total. The van der Waals surface area contributed by atoms with Crippen LogP contribution >= 0.6 is 0 Å². The number of Topliss-reactive ketones (excluding diaryl/α,β-unsaturated/α-hetero) is 1. The van der Waals surface area contributed by atoms with E-state index < -0.39 is 35.7 Å². The van der Waals surface area contributed by atoms with Gasteiger partial charge >= 0.3 is 17.9 Å². The Kier molecular flexibility index (Phi) is 9.45. The standard InChI is InChI=1S/C33H29N3O8/c1-19(29(37)21-12-16-24(41-2)17-13-21)44-31(38)22-10-14-23(15-11-22)36-28(33(40)43-4)27(32(39)42-3)26(25(18-34)30(36)35)20-8-6-5-7-9-20/h5-17,19,26H,35H2,1-4H3. The lowest BCUT2D eigenvalue weighted by atomic mass is 9.81. The number of rotatable bonds is 9. The first-order chi connectivity index (χ1) is 21.2. The van der Waals surface area contributed by atoms with Crippen LogP contribution in [0.5, 0.6) is 5.75 Å². The Morgan fingerprint density at radius 2 is 1.41 bits per heavy atom. The summed E-state index contributed by atoms with van der Waals surface area (Å²) in [5.41, 5.74) is 7.32. The second-order valence-electron chi connectivity index (χ2n) is 9.52. The maximum atomic E-state index is 13.2. The van der Waals surface area contributed by atoms with Crippen LogP contribution in [0.25, 0.3) is 0 Å². The first-order valence-electron chi connectivity index (χ1n) is 13.3. The summed E-state index contributed by atoms with van der Waals surface area (Å²) in [6.07, 6.45) is -1.08. The molecule has 0 bridgehead atoms. The van der Waals surface area contributed by atoms with Gasteiger partial charge in [-0.15, -0.1) is 0 Å². The second-order valence-corrected chi connectivity index (χ2v) is 9.52. The lowest BCUT2D eigenvalue weighted by molar-refractivity contribution is -0.139. The predicted octanol–water partition coefficient (Wildman–Crippen LogP) is 4.02. The van der Waals surface area contributed by atoms with Crippen molar-refractivity contribution < 1.29 is 38.1 Å². The summed E-state index contributed by atoms with van der Waals surface area (Å²) in [5, 5.41) is 10.2. The highest BCUT2D eigenvalue weighted by Crippen LogP contribution is 2.43. The van der Waals surface area contributed by atoms with Gasteiger partial charge in [-0.25, -0.2) is 14.4 Å². The molecule has 1 heterocycles. The monoisotopic (exact) mass is 595 g/mol. The molecule has 0 aromatic heterocycles. The minimum absolute atomic E-state index is 0.00129. The molecule has 0 spiro atoms. The van der Waals surface area contributed by atoms with E-state index in [1.54, 1.807) is 54.6 Å². The van der Waals surface area contributed by atoms with Crippen LogP contribution in [-0.4, -0.2) is 51.1 Å². The van der Waals surface area contributed by atoms with Gasteiger partial charge in [0.25, 0.3) is 0 Å². The Labute approximate surface area is 253 Å². The van der Waals surface area contributed by atoms with Gasteiger partial charge in [0.05, 0.1) is 50.0 Å². The molecule has 3 aromatic rings. The van der Waals surface area contributed by atoms with Crippen molar-refractivity contribution in [3.05, 3.63) is 118 Å². The van der Waals surface area contributed by atoms with Gasteiger partial charge in [-0.2, -0.15) is 5.26 Å². The van der Waals surface area contributed by atoms with E-state index in [0.717, 1.165) is 14.2 Å². The molecule has 1 aliphatic rings. The van der Waals surface area contributed by atoms with Crippen LogP contribution in [-0.2, 0) is 23.8 Å². The number of methoxy groups -OCH3 is 3. The molecule has 0 saturated carbocycles. The summed E-state index contributed by atoms with van der Waals surface area (Å²) in [6, 6.07) is 22.8. The summed E-state index contributed by atoms with van der Waals surface area (Å²) < 4.78 is 20.6. The van der Waals surface area contributed by atoms with Crippen molar-refractivity contribution in [3.8, 4) is 11.8 Å². The van der Waals surface area contributed by atoms with Gasteiger partial charge in [-0.1, -0.05) is 30.3 Å². The van der Waals surface area contributed by atoms with Crippen molar-refractivity contribution in [1.82, 2.24) is 0 Å². The van der Waals surface area contributed by atoms with E-state index in [1.807, 2.05) is 0 Å². The molecule has 0 aliphatic carbocycles. The van der Waals surface area contributed by atoms with E-state index in [-0.39, 0.29) is 33.9 Å². The zero-order valence-electron chi connectivity index (χ0n) is 24.4. The molecule has 3 aromatic carbocycles. The highest BCUT2D eigenvalue weighted by Gasteiger charge is 2.43. The number of hydrogen-bond donors (Lipinski definition) is 1. The molecule has 0 fully saturated rings. The summed E-state index contributed by atoms with van der Waals surface area (Å²) >= 11 is 0. The van der Waals surface area contributed by atoms with Gasteiger partial charge in [0, 0.05) is 11.3 Å². The highest BCUT2D eigenvalue weighted by atomic mass is 16.5. The average molecular weight is 596 g/mol. The fraction of sp³-hybridized carbons (Fsp3) is 0.182. The Morgan fingerprint density at radius 1 is 0.818 bits per heavy atom. The van der Waals surface area contributed by atoms with E-state index >= 15 is 0 Å². The van der Waals surface area contributed by atoms with E-state index in [2.05, 4.69) is 6.07 Å². The smallest absolute Gasteiger partial charge is 0.355 e. The highest BCUT2D eigenvalue weighted by molar-refractivity contribution is 6.06. The van der Waals surface area contributed by atoms with Crippen LogP contribution in [0, 0.1) is 11.3 Å². The minimum atomic E-state index is -1.08. The van der Waals surface area contributed by atoms with Gasteiger partial charge in [0.15, 0.2) is 6.10 Å². The number of ketones is 1. The molecule has 0 radical (unpaired) electrons. The normalized spacial score (nSPS) is 15.2. The number of nitrogens with two attached hydrogens (primary N) is 1. The van der Waals surface area contributed by atoms with Gasteiger partial charge in [-0.3, -0.25) is 9.69 Å². The first-order valence-corrected chi connectivity index (χ1v) is 13.3. The summed E-state index contributed by atoms with van der Waals surface area (Å²) in [5.74, 6) is -3.49. The van der Waals surface area contributed by atoms with Crippen LogP contribution in [0.3, 0.4) is 0 Å². The first kappa shape index (κ1) is 31.1. The zero-order valence-corrected chi connectivity index (χ0v) is 24.4. The molecule has 0 amide bonds. The molecule has 2 unspecified atom stereocenters. The van der Waals surface area contributed by atoms with E-state index in [4.69, 9.17) is 24.7 Å². The molecule has 2 atom stereocenters. The number of benzene rings is 3. The quantitative estimate of drug-likeness (QED) is 0.216.